The smallest absolute Gasteiger partial charge is 0.311 e. The van der Waals surface area contributed by atoms with Gasteiger partial charge in [0, 0.05) is 48.3 Å². The number of esters is 1. The van der Waals surface area contributed by atoms with E-state index in [0.29, 0.717) is 31.1 Å². The summed E-state index contributed by atoms with van der Waals surface area (Å²) in [5.74, 6) is -1.32. The predicted octanol–water partition coefficient (Wildman–Crippen LogP) is 10.0. The molecule has 2 aromatic carbocycles. The van der Waals surface area contributed by atoms with E-state index < -0.39 is 41.1 Å². The van der Waals surface area contributed by atoms with Gasteiger partial charge in [-0.1, -0.05) is 77.4 Å². The standard InChI is InChI=1S/C52H75ClO12/c1-12-50(46-31(3)26-40(60-46)43-30(2)25-32(4)52(63-43)29-59-48(64-52)37-15-19-39(55-9)20-16-37)22-21-42(61-50)49(8)23-24-51(65-49)27-41(58-28-36-13-17-38(53)18-14-36)33(5)45(62-51)34(6)44(56-10)35(7)47(54)57-11/h13-20,30-35,40-46,48H,12,21-29H2,1-11H3/t30-,31-,32+,33+,34-,35-,40+,41-,42+,43-,44+,45-,46+,48?,49-,50-,51+,52+/m0/s1. The van der Waals surface area contributed by atoms with Crippen LogP contribution in [0.15, 0.2) is 48.5 Å². The molecule has 65 heavy (non-hydrogen) atoms. The summed E-state index contributed by atoms with van der Waals surface area (Å²) in [6.07, 6.45) is 4.37. The third kappa shape index (κ3) is 9.53. The van der Waals surface area contributed by atoms with Crippen molar-refractivity contribution in [1.82, 2.24) is 0 Å². The second-order valence-electron chi connectivity index (χ2n) is 20.7. The Morgan fingerprint density at radius 3 is 2.31 bits per heavy atom. The van der Waals surface area contributed by atoms with E-state index >= 15 is 0 Å². The maximum Gasteiger partial charge on any atom is 0.311 e. The summed E-state index contributed by atoms with van der Waals surface area (Å²) in [4.78, 5) is 12.8. The van der Waals surface area contributed by atoms with Crippen LogP contribution in [0.1, 0.15) is 124 Å². The third-order valence-electron chi connectivity index (χ3n) is 16.5. The fourth-order valence-electron chi connectivity index (χ4n) is 12.6. The minimum Gasteiger partial charge on any atom is -0.497 e. The Hall–Kier alpha value is -2.36. The summed E-state index contributed by atoms with van der Waals surface area (Å²) in [6, 6.07) is 15.6. The molecule has 0 bridgehead atoms. The molecule has 18 atom stereocenters. The highest BCUT2D eigenvalue weighted by Crippen LogP contribution is 2.56. The summed E-state index contributed by atoms with van der Waals surface area (Å²) >= 11 is 6.22. The molecule has 6 fully saturated rings. The van der Waals surface area contributed by atoms with Crippen LogP contribution < -0.4 is 4.74 Å². The van der Waals surface area contributed by atoms with Gasteiger partial charge in [0.1, 0.15) is 12.4 Å². The first-order chi connectivity index (χ1) is 31.0. The SMILES string of the molecule is CC[C@@]1([C@@H]2O[C@@H]([C@H]3O[C@@]4(COC(c5ccc(OC)cc5)O4)[C@H](C)C[C@@H]3C)C[C@@H]2C)CC[C@H]([C@]2(C)CC[C@]3(C[C@H](OCc4ccc(Cl)cc4)[C@@H](C)[C@@H]([C@@H](C)[C@@H](OC)[C@H](C)C(=O)OC)O3)O2)O1. The van der Waals surface area contributed by atoms with Crippen molar-refractivity contribution in [2.45, 2.75) is 185 Å². The number of benzene rings is 2. The number of halogens is 1. The summed E-state index contributed by atoms with van der Waals surface area (Å²) in [5.41, 5.74) is 0.887. The van der Waals surface area contributed by atoms with E-state index in [-0.39, 0.29) is 72.2 Å². The Morgan fingerprint density at radius 1 is 0.892 bits per heavy atom. The Morgan fingerprint density at radius 2 is 1.63 bits per heavy atom. The fraction of sp³-hybridized carbons (Fsp3) is 0.750. The van der Waals surface area contributed by atoms with Crippen molar-refractivity contribution in [3.63, 3.8) is 0 Å². The zero-order chi connectivity index (χ0) is 46.5. The van der Waals surface area contributed by atoms with Crippen molar-refractivity contribution in [1.29, 1.82) is 0 Å². The molecule has 13 heteroatoms. The summed E-state index contributed by atoms with van der Waals surface area (Å²) in [7, 11) is 4.72. The first kappa shape index (κ1) is 49.1. The summed E-state index contributed by atoms with van der Waals surface area (Å²) in [5, 5.41) is 0.685. The fourth-order valence-corrected chi connectivity index (χ4v) is 12.7. The highest BCUT2D eigenvalue weighted by molar-refractivity contribution is 6.30. The van der Waals surface area contributed by atoms with Crippen LogP contribution in [0.5, 0.6) is 5.75 Å². The van der Waals surface area contributed by atoms with Crippen molar-refractivity contribution in [2.75, 3.05) is 27.9 Å². The molecular weight excluding hydrogens is 852 g/mol. The molecule has 0 amide bonds. The number of methoxy groups -OCH3 is 3. The van der Waals surface area contributed by atoms with Gasteiger partial charge in [-0.05, 0) is 94.0 Å². The van der Waals surface area contributed by atoms with Crippen molar-refractivity contribution in [3.8, 4) is 5.75 Å². The van der Waals surface area contributed by atoms with Crippen LogP contribution in [0.3, 0.4) is 0 Å². The minimum absolute atomic E-state index is 0.0260. The first-order valence-corrected chi connectivity index (χ1v) is 24.7. The number of hydrogen-bond donors (Lipinski definition) is 0. The molecule has 0 N–H and O–H groups in total. The van der Waals surface area contributed by atoms with Gasteiger partial charge in [-0.2, -0.15) is 0 Å². The molecule has 2 aromatic rings. The second kappa shape index (κ2) is 19.6. The number of carbonyl (C=O) groups is 1. The molecule has 6 heterocycles. The van der Waals surface area contributed by atoms with Gasteiger partial charge in [0.2, 0.25) is 0 Å². The van der Waals surface area contributed by atoms with Gasteiger partial charge >= 0.3 is 5.97 Å². The molecular formula is C52H75ClO12. The maximum absolute atomic E-state index is 12.8. The van der Waals surface area contributed by atoms with Crippen LogP contribution in [0, 0.1) is 35.5 Å². The van der Waals surface area contributed by atoms with Crippen molar-refractivity contribution in [2.24, 2.45) is 35.5 Å². The first-order valence-electron chi connectivity index (χ1n) is 24.3. The largest absolute Gasteiger partial charge is 0.497 e. The maximum atomic E-state index is 12.8. The average Bonchev–Trinajstić information content (AvgIpc) is 4.11. The molecule has 6 aliphatic heterocycles. The van der Waals surface area contributed by atoms with E-state index in [1.54, 1.807) is 14.2 Å². The van der Waals surface area contributed by atoms with Gasteiger partial charge in [0.25, 0.3) is 0 Å². The number of ether oxygens (including phenoxy) is 11. The zero-order valence-electron chi connectivity index (χ0n) is 40.5. The molecule has 6 aliphatic rings. The Bertz CT molecular complexity index is 1920. The molecule has 0 aromatic heterocycles. The van der Waals surface area contributed by atoms with Gasteiger partial charge in [-0.25, -0.2) is 0 Å². The van der Waals surface area contributed by atoms with Gasteiger partial charge in [0.15, 0.2) is 17.9 Å². The summed E-state index contributed by atoms with van der Waals surface area (Å²) in [6.45, 7) is 18.1. The highest BCUT2D eigenvalue weighted by Gasteiger charge is 2.63. The third-order valence-corrected chi connectivity index (χ3v) is 16.7. The van der Waals surface area contributed by atoms with Gasteiger partial charge in [-0.3, -0.25) is 4.79 Å². The quantitative estimate of drug-likeness (QED) is 0.168. The van der Waals surface area contributed by atoms with E-state index in [9.17, 15) is 4.79 Å². The van der Waals surface area contributed by atoms with Crippen molar-refractivity contribution < 1.29 is 56.9 Å². The lowest BCUT2D eigenvalue weighted by molar-refractivity contribution is -0.339. The van der Waals surface area contributed by atoms with Crippen molar-refractivity contribution >= 4 is 17.6 Å². The number of hydrogen-bond acceptors (Lipinski definition) is 12. The molecule has 6 saturated heterocycles. The van der Waals surface area contributed by atoms with E-state index in [0.717, 1.165) is 55.4 Å². The normalized spacial score (nSPS) is 42.1. The zero-order valence-corrected chi connectivity index (χ0v) is 41.3. The van der Waals surface area contributed by atoms with Crippen LogP contribution in [0.4, 0.5) is 0 Å². The molecule has 362 valence electrons. The molecule has 12 nitrogen and oxygen atoms in total. The Labute approximate surface area is 392 Å². The lowest BCUT2D eigenvalue weighted by Gasteiger charge is -2.50. The van der Waals surface area contributed by atoms with Crippen LogP contribution in [0.25, 0.3) is 0 Å². The Kier molecular flexibility index (Phi) is 14.8. The topological polar surface area (TPSA) is 119 Å². The molecule has 8 rings (SSSR count). The van der Waals surface area contributed by atoms with Crippen molar-refractivity contribution in [3.05, 3.63) is 64.7 Å². The Balaban J connectivity index is 0.965. The molecule has 0 saturated carbocycles. The van der Waals surface area contributed by atoms with Gasteiger partial charge in [-0.15, -0.1) is 0 Å². The number of carbonyl (C=O) groups excluding carboxylic acids is 1. The molecule has 0 aliphatic carbocycles. The molecule has 1 unspecified atom stereocenters. The van der Waals surface area contributed by atoms with E-state index in [1.807, 2.05) is 55.5 Å². The highest BCUT2D eigenvalue weighted by atomic mass is 35.5. The van der Waals surface area contributed by atoms with Gasteiger partial charge < -0.3 is 52.1 Å². The predicted molar refractivity (Wildman–Crippen MR) is 244 cm³/mol. The van der Waals surface area contributed by atoms with E-state index in [2.05, 4.69) is 48.5 Å². The van der Waals surface area contributed by atoms with Crippen LogP contribution >= 0.6 is 11.6 Å². The molecule has 0 radical (unpaired) electrons. The molecule has 2 spiro atoms. The lowest BCUT2D eigenvalue weighted by atomic mass is 9.78. The lowest BCUT2D eigenvalue weighted by Crippen LogP contribution is -2.57. The number of rotatable bonds is 14. The van der Waals surface area contributed by atoms with E-state index in [4.69, 9.17) is 63.7 Å². The van der Waals surface area contributed by atoms with Gasteiger partial charge in [0.05, 0.1) is 80.7 Å². The van der Waals surface area contributed by atoms with Crippen LogP contribution in [-0.4, -0.2) is 99.4 Å². The van der Waals surface area contributed by atoms with E-state index in [1.165, 1.54) is 7.11 Å². The van der Waals surface area contributed by atoms with Crippen LogP contribution in [0.2, 0.25) is 5.02 Å². The monoisotopic (exact) mass is 926 g/mol. The second-order valence-corrected chi connectivity index (χ2v) is 21.2. The average molecular weight is 928 g/mol. The summed E-state index contributed by atoms with van der Waals surface area (Å²) < 4.78 is 72.5. The minimum atomic E-state index is -0.916. The van der Waals surface area contributed by atoms with Crippen LogP contribution in [-0.2, 0) is 58.8 Å².